The SMILES string of the molecule is Fc1ccc2c(c1)CC(CC1=CC(Cl)CCCC1)O2. The summed E-state index contributed by atoms with van der Waals surface area (Å²) >= 11 is 6.24. The number of alkyl halides is 1. The molecule has 0 bridgehead atoms. The Morgan fingerprint density at radius 3 is 3.11 bits per heavy atom. The van der Waals surface area contributed by atoms with Gasteiger partial charge in [-0.1, -0.05) is 18.1 Å². The lowest BCUT2D eigenvalue weighted by Crippen LogP contribution is -2.14. The van der Waals surface area contributed by atoms with Crippen LogP contribution >= 0.6 is 11.6 Å². The largest absolute Gasteiger partial charge is 0.489 e. The Hall–Kier alpha value is -1.02. The molecule has 1 aliphatic heterocycles. The van der Waals surface area contributed by atoms with E-state index in [4.69, 9.17) is 16.3 Å². The van der Waals surface area contributed by atoms with Crippen LogP contribution in [0.3, 0.4) is 0 Å². The van der Waals surface area contributed by atoms with E-state index in [2.05, 4.69) is 6.08 Å². The summed E-state index contributed by atoms with van der Waals surface area (Å²) in [6, 6.07) is 4.78. The summed E-state index contributed by atoms with van der Waals surface area (Å²) in [6.45, 7) is 0. The third-order valence-electron chi connectivity index (χ3n) is 3.90. The number of hydrogen-bond donors (Lipinski definition) is 0. The van der Waals surface area contributed by atoms with Crippen molar-refractivity contribution in [1.29, 1.82) is 0 Å². The first-order valence-corrected chi connectivity index (χ1v) is 7.43. The van der Waals surface area contributed by atoms with E-state index in [0.717, 1.165) is 37.0 Å². The molecule has 1 aliphatic carbocycles. The van der Waals surface area contributed by atoms with Crippen LogP contribution in [0.25, 0.3) is 0 Å². The second-order valence-electron chi connectivity index (χ2n) is 5.49. The summed E-state index contributed by atoms with van der Waals surface area (Å²) in [7, 11) is 0. The number of rotatable bonds is 2. The molecule has 102 valence electrons. The molecule has 0 saturated heterocycles. The first-order chi connectivity index (χ1) is 9.20. The number of hydrogen-bond acceptors (Lipinski definition) is 1. The maximum atomic E-state index is 13.2. The van der Waals surface area contributed by atoms with Crippen LogP contribution in [-0.2, 0) is 6.42 Å². The highest BCUT2D eigenvalue weighted by Crippen LogP contribution is 2.33. The molecule has 2 atom stereocenters. The predicted molar refractivity (Wildman–Crippen MR) is 75.3 cm³/mol. The van der Waals surface area contributed by atoms with Crippen LogP contribution < -0.4 is 4.74 Å². The second-order valence-corrected chi connectivity index (χ2v) is 6.05. The lowest BCUT2D eigenvalue weighted by Gasteiger charge is -2.13. The zero-order valence-electron chi connectivity index (χ0n) is 10.9. The van der Waals surface area contributed by atoms with Crippen LogP contribution in [0.1, 0.15) is 37.7 Å². The molecule has 0 radical (unpaired) electrons. The zero-order chi connectivity index (χ0) is 13.2. The van der Waals surface area contributed by atoms with Crippen LogP contribution in [-0.4, -0.2) is 11.5 Å². The highest BCUT2D eigenvalue weighted by atomic mass is 35.5. The molecule has 3 heteroatoms. The Morgan fingerprint density at radius 2 is 2.21 bits per heavy atom. The Balaban J connectivity index is 1.66. The van der Waals surface area contributed by atoms with E-state index >= 15 is 0 Å². The van der Waals surface area contributed by atoms with Crippen molar-refractivity contribution in [2.75, 3.05) is 0 Å². The third-order valence-corrected chi connectivity index (χ3v) is 4.24. The average molecular weight is 281 g/mol. The van der Waals surface area contributed by atoms with Gasteiger partial charge in [0.2, 0.25) is 0 Å². The number of allylic oxidation sites excluding steroid dienone is 1. The van der Waals surface area contributed by atoms with Gasteiger partial charge in [0.25, 0.3) is 0 Å². The van der Waals surface area contributed by atoms with Crippen molar-refractivity contribution in [3.05, 3.63) is 41.2 Å². The summed E-state index contributed by atoms with van der Waals surface area (Å²) in [5, 5.41) is 0.165. The van der Waals surface area contributed by atoms with Gasteiger partial charge in [-0.05, 0) is 37.5 Å². The minimum Gasteiger partial charge on any atom is -0.489 e. The molecule has 1 nitrogen and oxygen atoms in total. The molecule has 1 aromatic carbocycles. The number of benzene rings is 1. The van der Waals surface area contributed by atoms with Crippen molar-refractivity contribution >= 4 is 11.6 Å². The van der Waals surface area contributed by atoms with E-state index in [1.807, 2.05) is 0 Å². The number of fused-ring (bicyclic) bond motifs is 1. The molecule has 19 heavy (non-hydrogen) atoms. The molecule has 0 amide bonds. The van der Waals surface area contributed by atoms with Crippen LogP contribution in [0.2, 0.25) is 0 Å². The molecule has 0 N–H and O–H groups in total. The third kappa shape index (κ3) is 3.11. The normalized spacial score (nSPS) is 26.3. The Kier molecular flexibility index (Phi) is 3.79. The van der Waals surface area contributed by atoms with E-state index in [-0.39, 0.29) is 17.3 Å². The molecule has 1 heterocycles. The topological polar surface area (TPSA) is 9.23 Å². The predicted octanol–water partition coefficient (Wildman–Crippen LogP) is 4.63. The summed E-state index contributed by atoms with van der Waals surface area (Å²) < 4.78 is 19.1. The molecule has 0 aromatic heterocycles. The first kappa shape index (κ1) is 13.0. The van der Waals surface area contributed by atoms with E-state index in [0.29, 0.717) is 0 Å². The van der Waals surface area contributed by atoms with Crippen LogP contribution in [0.15, 0.2) is 29.8 Å². The highest BCUT2D eigenvalue weighted by molar-refractivity contribution is 6.21. The fourth-order valence-electron chi connectivity index (χ4n) is 2.98. The Labute approximate surface area is 118 Å². The van der Waals surface area contributed by atoms with Gasteiger partial charge in [0.05, 0.1) is 5.38 Å². The maximum Gasteiger partial charge on any atom is 0.123 e. The zero-order valence-corrected chi connectivity index (χ0v) is 11.6. The van der Waals surface area contributed by atoms with Gasteiger partial charge in [-0.3, -0.25) is 0 Å². The van der Waals surface area contributed by atoms with Gasteiger partial charge in [0.15, 0.2) is 0 Å². The lowest BCUT2D eigenvalue weighted by atomic mass is 10.00. The van der Waals surface area contributed by atoms with Crippen LogP contribution in [0.4, 0.5) is 4.39 Å². The van der Waals surface area contributed by atoms with Gasteiger partial charge in [-0.2, -0.15) is 0 Å². The molecule has 0 saturated carbocycles. The van der Waals surface area contributed by atoms with Gasteiger partial charge < -0.3 is 4.74 Å². The van der Waals surface area contributed by atoms with Gasteiger partial charge in [0.1, 0.15) is 17.7 Å². The van der Waals surface area contributed by atoms with Gasteiger partial charge >= 0.3 is 0 Å². The summed E-state index contributed by atoms with van der Waals surface area (Å²) in [5.41, 5.74) is 2.39. The van der Waals surface area contributed by atoms with Crippen molar-refractivity contribution in [2.45, 2.75) is 50.0 Å². The molecule has 1 aromatic rings. The summed E-state index contributed by atoms with van der Waals surface area (Å²) in [6.07, 6.45) is 8.66. The minimum absolute atomic E-state index is 0.144. The van der Waals surface area contributed by atoms with Gasteiger partial charge in [-0.25, -0.2) is 4.39 Å². The van der Waals surface area contributed by atoms with Crippen molar-refractivity contribution in [3.8, 4) is 5.75 Å². The van der Waals surface area contributed by atoms with E-state index in [9.17, 15) is 4.39 Å². The van der Waals surface area contributed by atoms with Crippen molar-refractivity contribution in [2.24, 2.45) is 0 Å². The average Bonchev–Trinajstić information content (AvgIpc) is 2.63. The van der Waals surface area contributed by atoms with Gasteiger partial charge in [0, 0.05) is 18.4 Å². The first-order valence-electron chi connectivity index (χ1n) is 6.99. The molecule has 2 aliphatic rings. The number of halogens is 2. The molecular formula is C16H18ClFO. The number of ether oxygens (including phenoxy) is 1. The van der Waals surface area contributed by atoms with Gasteiger partial charge in [-0.15, -0.1) is 11.6 Å². The minimum atomic E-state index is -0.183. The van der Waals surface area contributed by atoms with E-state index < -0.39 is 0 Å². The van der Waals surface area contributed by atoms with Crippen molar-refractivity contribution in [1.82, 2.24) is 0 Å². The molecule has 3 rings (SSSR count). The second kappa shape index (κ2) is 5.54. The standard InChI is InChI=1S/C16H18ClFO/c17-13-4-2-1-3-11(7-13)8-15-10-12-9-14(18)5-6-16(12)19-15/h5-7,9,13,15H,1-4,8,10H2. The summed E-state index contributed by atoms with van der Waals surface area (Å²) in [5.74, 6) is 0.653. The van der Waals surface area contributed by atoms with Crippen LogP contribution in [0, 0.1) is 5.82 Å². The Bertz CT molecular complexity index is 498. The molecule has 2 unspecified atom stereocenters. The molecular weight excluding hydrogens is 263 g/mol. The van der Waals surface area contributed by atoms with Crippen LogP contribution in [0.5, 0.6) is 5.75 Å². The quantitative estimate of drug-likeness (QED) is 0.567. The lowest BCUT2D eigenvalue weighted by molar-refractivity contribution is 0.231. The van der Waals surface area contributed by atoms with E-state index in [1.165, 1.54) is 24.5 Å². The summed E-state index contributed by atoms with van der Waals surface area (Å²) in [4.78, 5) is 0. The fourth-order valence-corrected chi connectivity index (χ4v) is 3.31. The monoisotopic (exact) mass is 280 g/mol. The molecule has 0 fully saturated rings. The van der Waals surface area contributed by atoms with Crippen molar-refractivity contribution < 1.29 is 9.13 Å². The highest BCUT2D eigenvalue weighted by Gasteiger charge is 2.24. The van der Waals surface area contributed by atoms with Crippen molar-refractivity contribution in [3.63, 3.8) is 0 Å². The van der Waals surface area contributed by atoms with E-state index in [1.54, 1.807) is 12.1 Å². The fraction of sp³-hybridized carbons (Fsp3) is 0.500. The molecule has 0 spiro atoms. The Morgan fingerprint density at radius 1 is 1.32 bits per heavy atom. The maximum absolute atomic E-state index is 13.2. The smallest absolute Gasteiger partial charge is 0.123 e.